The number of pyridine rings is 1. The Hall–Kier alpha value is -2.07. The first-order valence-corrected chi connectivity index (χ1v) is 7.79. The standard InChI is InChI=1S/C18H24N2O2/c1-3-4-7-12-20-16(11-10-14(13-19)18(20)21)15-8-5-6-9-17(15)22-2/h5-6,8-11H,3-4,7,12-13,19H2,1-2H3. The van der Waals surface area contributed by atoms with Gasteiger partial charge in [0.05, 0.1) is 12.8 Å². The van der Waals surface area contributed by atoms with E-state index in [1.165, 1.54) is 0 Å². The Morgan fingerprint density at radius 2 is 1.91 bits per heavy atom. The number of nitrogens with zero attached hydrogens (tertiary/aromatic N) is 1. The Balaban J connectivity index is 2.54. The molecule has 0 aliphatic carbocycles. The number of hydrogen-bond acceptors (Lipinski definition) is 3. The monoisotopic (exact) mass is 300 g/mol. The summed E-state index contributed by atoms with van der Waals surface area (Å²) in [6.45, 7) is 3.12. The number of ether oxygens (including phenoxy) is 1. The zero-order valence-corrected chi connectivity index (χ0v) is 13.3. The molecular formula is C18H24N2O2. The molecule has 0 fully saturated rings. The molecule has 0 spiro atoms. The Labute approximate surface area is 131 Å². The van der Waals surface area contributed by atoms with Gasteiger partial charge < -0.3 is 15.0 Å². The summed E-state index contributed by atoms with van der Waals surface area (Å²) in [6.07, 6.45) is 3.20. The molecule has 0 saturated heterocycles. The summed E-state index contributed by atoms with van der Waals surface area (Å²) in [6, 6.07) is 11.6. The molecule has 4 nitrogen and oxygen atoms in total. The molecule has 22 heavy (non-hydrogen) atoms. The van der Waals surface area contributed by atoms with Crippen molar-refractivity contribution in [2.24, 2.45) is 5.73 Å². The van der Waals surface area contributed by atoms with Crippen LogP contribution in [0.3, 0.4) is 0 Å². The van der Waals surface area contributed by atoms with Gasteiger partial charge in [0.1, 0.15) is 5.75 Å². The van der Waals surface area contributed by atoms with Crippen LogP contribution in [0.2, 0.25) is 0 Å². The molecule has 2 N–H and O–H groups in total. The van der Waals surface area contributed by atoms with E-state index in [1.54, 1.807) is 7.11 Å². The van der Waals surface area contributed by atoms with Crippen LogP contribution in [-0.4, -0.2) is 11.7 Å². The minimum Gasteiger partial charge on any atom is -0.496 e. The molecule has 0 amide bonds. The number of nitrogens with two attached hydrogens (primary N) is 1. The first kappa shape index (κ1) is 16.3. The maximum Gasteiger partial charge on any atom is 0.255 e. The molecule has 4 heteroatoms. The quantitative estimate of drug-likeness (QED) is 0.799. The number of aromatic nitrogens is 1. The highest BCUT2D eigenvalue weighted by atomic mass is 16.5. The zero-order valence-electron chi connectivity index (χ0n) is 13.3. The third kappa shape index (κ3) is 3.39. The van der Waals surface area contributed by atoms with E-state index in [9.17, 15) is 4.79 Å². The predicted octanol–water partition coefficient (Wildman–Crippen LogP) is 3.17. The maximum absolute atomic E-state index is 12.6. The summed E-state index contributed by atoms with van der Waals surface area (Å²) < 4.78 is 7.27. The first-order chi connectivity index (χ1) is 10.7. The smallest absolute Gasteiger partial charge is 0.255 e. The predicted molar refractivity (Wildman–Crippen MR) is 90.1 cm³/mol. The average molecular weight is 300 g/mol. The molecule has 0 saturated carbocycles. The molecule has 1 aromatic heterocycles. The number of para-hydroxylation sites is 1. The van der Waals surface area contributed by atoms with Crippen molar-refractivity contribution in [1.82, 2.24) is 4.57 Å². The molecule has 1 aromatic carbocycles. The van der Waals surface area contributed by atoms with Crippen molar-refractivity contribution in [3.05, 3.63) is 52.3 Å². The molecule has 1 heterocycles. The topological polar surface area (TPSA) is 57.2 Å². The van der Waals surface area contributed by atoms with Crippen molar-refractivity contribution in [3.8, 4) is 17.0 Å². The second kappa shape index (κ2) is 7.80. The normalized spacial score (nSPS) is 10.7. The maximum atomic E-state index is 12.6. The average Bonchev–Trinajstić information content (AvgIpc) is 2.56. The van der Waals surface area contributed by atoms with Crippen molar-refractivity contribution in [3.63, 3.8) is 0 Å². The van der Waals surface area contributed by atoms with Gasteiger partial charge in [-0.3, -0.25) is 4.79 Å². The molecule has 0 atom stereocenters. The molecule has 2 rings (SSSR count). The van der Waals surface area contributed by atoms with Crippen LogP contribution in [-0.2, 0) is 13.1 Å². The summed E-state index contributed by atoms with van der Waals surface area (Å²) in [5, 5.41) is 0. The van der Waals surface area contributed by atoms with Gasteiger partial charge in [-0.25, -0.2) is 0 Å². The van der Waals surface area contributed by atoms with Gasteiger partial charge in [0.2, 0.25) is 0 Å². The van der Waals surface area contributed by atoms with Crippen molar-refractivity contribution >= 4 is 0 Å². The van der Waals surface area contributed by atoms with Crippen LogP contribution in [0.4, 0.5) is 0 Å². The van der Waals surface area contributed by atoms with Crippen LogP contribution >= 0.6 is 0 Å². The minimum atomic E-state index is 0.00186. The molecule has 118 valence electrons. The van der Waals surface area contributed by atoms with E-state index >= 15 is 0 Å². The fraction of sp³-hybridized carbons (Fsp3) is 0.389. The number of rotatable bonds is 7. The molecule has 0 aliphatic rings. The van der Waals surface area contributed by atoms with Gasteiger partial charge in [-0.05, 0) is 24.6 Å². The van der Waals surface area contributed by atoms with Crippen LogP contribution in [0.1, 0.15) is 31.7 Å². The summed E-state index contributed by atoms with van der Waals surface area (Å²) in [4.78, 5) is 12.6. The largest absolute Gasteiger partial charge is 0.496 e. The van der Waals surface area contributed by atoms with E-state index in [0.717, 1.165) is 36.3 Å². The van der Waals surface area contributed by atoms with E-state index in [4.69, 9.17) is 10.5 Å². The van der Waals surface area contributed by atoms with Gasteiger partial charge in [-0.1, -0.05) is 38.0 Å². The SMILES string of the molecule is CCCCCn1c(-c2ccccc2OC)ccc(CN)c1=O. The van der Waals surface area contributed by atoms with Crippen LogP contribution in [0.25, 0.3) is 11.3 Å². The van der Waals surface area contributed by atoms with Gasteiger partial charge in [-0.15, -0.1) is 0 Å². The van der Waals surface area contributed by atoms with E-state index in [2.05, 4.69) is 6.92 Å². The summed E-state index contributed by atoms with van der Waals surface area (Å²) in [7, 11) is 1.65. The van der Waals surface area contributed by atoms with E-state index in [-0.39, 0.29) is 12.1 Å². The molecule has 0 aliphatic heterocycles. The lowest BCUT2D eigenvalue weighted by atomic mass is 10.1. The van der Waals surface area contributed by atoms with Crippen molar-refractivity contribution < 1.29 is 4.74 Å². The lowest BCUT2D eigenvalue weighted by Crippen LogP contribution is -2.26. The Bertz CT molecular complexity index is 677. The fourth-order valence-electron chi connectivity index (χ4n) is 2.61. The third-order valence-electron chi connectivity index (χ3n) is 3.84. The van der Waals surface area contributed by atoms with Gasteiger partial charge in [0, 0.05) is 24.2 Å². The highest BCUT2D eigenvalue weighted by molar-refractivity contribution is 5.67. The minimum absolute atomic E-state index is 0.00186. The van der Waals surface area contributed by atoms with Gasteiger partial charge in [0.25, 0.3) is 5.56 Å². The summed E-state index contributed by atoms with van der Waals surface area (Å²) in [5.74, 6) is 0.770. The van der Waals surface area contributed by atoms with Gasteiger partial charge >= 0.3 is 0 Å². The highest BCUT2D eigenvalue weighted by Crippen LogP contribution is 2.29. The lowest BCUT2D eigenvalue weighted by Gasteiger charge is -2.16. The number of unbranched alkanes of at least 4 members (excludes halogenated alkanes) is 2. The Kier molecular flexibility index (Phi) is 5.78. The van der Waals surface area contributed by atoms with Crippen LogP contribution in [0, 0.1) is 0 Å². The van der Waals surface area contributed by atoms with Crippen LogP contribution in [0.5, 0.6) is 5.75 Å². The van der Waals surface area contributed by atoms with Crippen molar-refractivity contribution in [2.75, 3.05) is 7.11 Å². The lowest BCUT2D eigenvalue weighted by molar-refractivity contribution is 0.416. The van der Waals surface area contributed by atoms with Crippen LogP contribution in [0.15, 0.2) is 41.2 Å². The molecular weight excluding hydrogens is 276 g/mol. The molecule has 2 aromatic rings. The third-order valence-corrected chi connectivity index (χ3v) is 3.84. The van der Waals surface area contributed by atoms with E-state index < -0.39 is 0 Å². The second-order valence-electron chi connectivity index (χ2n) is 5.31. The Morgan fingerprint density at radius 1 is 1.14 bits per heavy atom. The van der Waals surface area contributed by atoms with Crippen molar-refractivity contribution in [2.45, 2.75) is 39.3 Å². The summed E-state index contributed by atoms with van der Waals surface area (Å²) >= 11 is 0. The zero-order chi connectivity index (χ0) is 15.9. The van der Waals surface area contributed by atoms with Crippen LogP contribution < -0.4 is 16.0 Å². The number of methoxy groups -OCH3 is 1. The van der Waals surface area contributed by atoms with E-state index in [1.807, 2.05) is 41.0 Å². The fourth-order valence-corrected chi connectivity index (χ4v) is 2.61. The highest BCUT2D eigenvalue weighted by Gasteiger charge is 2.13. The molecule has 0 radical (unpaired) electrons. The van der Waals surface area contributed by atoms with Crippen molar-refractivity contribution in [1.29, 1.82) is 0 Å². The molecule has 0 bridgehead atoms. The molecule has 0 unspecified atom stereocenters. The second-order valence-corrected chi connectivity index (χ2v) is 5.31. The Morgan fingerprint density at radius 3 is 2.59 bits per heavy atom. The summed E-state index contributed by atoms with van der Waals surface area (Å²) in [5.41, 5.74) is 8.15. The van der Waals surface area contributed by atoms with Gasteiger partial charge in [-0.2, -0.15) is 0 Å². The first-order valence-electron chi connectivity index (χ1n) is 7.79. The number of hydrogen-bond donors (Lipinski definition) is 1. The number of benzene rings is 1. The van der Waals surface area contributed by atoms with Gasteiger partial charge in [0.15, 0.2) is 0 Å². The van der Waals surface area contributed by atoms with E-state index in [0.29, 0.717) is 12.1 Å².